The van der Waals surface area contributed by atoms with Gasteiger partial charge in [0.2, 0.25) is 0 Å². The molecule has 0 saturated carbocycles. The molecule has 4 heteroatoms. The summed E-state index contributed by atoms with van der Waals surface area (Å²) in [6.07, 6.45) is 1.39. The molecule has 2 rings (SSSR count). The molecule has 1 aromatic carbocycles. The molecular weight excluding hydrogens is 245 g/mol. The van der Waals surface area contributed by atoms with E-state index >= 15 is 0 Å². The zero-order valence-corrected chi connectivity index (χ0v) is 10.5. The van der Waals surface area contributed by atoms with E-state index in [0.29, 0.717) is 12.1 Å². The van der Waals surface area contributed by atoms with Crippen LogP contribution in [0, 0.1) is 12.7 Å². The number of hydrogen-bond donors (Lipinski definition) is 1. The van der Waals surface area contributed by atoms with E-state index in [-0.39, 0.29) is 0 Å². The minimum absolute atomic E-state index is 0.348. The number of halogens is 1. The van der Waals surface area contributed by atoms with E-state index in [1.165, 1.54) is 12.1 Å². The molecule has 2 aromatic rings. The van der Waals surface area contributed by atoms with Crippen molar-refractivity contribution in [1.29, 1.82) is 0 Å². The van der Waals surface area contributed by atoms with Crippen LogP contribution in [0.1, 0.15) is 22.7 Å². The second kappa shape index (κ2) is 5.61. The number of aryl methyl sites for hydroxylation is 1. The molecule has 0 aliphatic rings. The first-order valence-corrected chi connectivity index (χ1v) is 5.96. The van der Waals surface area contributed by atoms with Gasteiger partial charge in [0.1, 0.15) is 11.7 Å². The number of carboxylic acid groups (broad SMARTS) is 1. The zero-order valence-electron chi connectivity index (χ0n) is 10.5. The van der Waals surface area contributed by atoms with Crippen molar-refractivity contribution in [3.63, 3.8) is 0 Å². The monoisotopic (exact) mass is 259 g/mol. The standard InChI is InChI=1S/C15H14FNO2/c1-10-4-2-3-5-11(10)8-13(15(18)19)14-7-6-12(16)9-17-14/h2-7,9,13H,8H2,1H3,(H,18,19). The van der Waals surface area contributed by atoms with E-state index < -0.39 is 17.7 Å². The Labute approximate surface area is 110 Å². The third-order valence-corrected chi connectivity index (χ3v) is 3.09. The molecule has 3 nitrogen and oxygen atoms in total. The molecule has 0 radical (unpaired) electrons. The summed E-state index contributed by atoms with van der Waals surface area (Å²) in [5.74, 6) is -2.19. The fourth-order valence-electron chi connectivity index (χ4n) is 1.97. The Balaban J connectivity index is 2.29. The lowest BCUT2D eigenvalue weighted by molar-refractivity contribution is -0.138. The number of aromatic nitrogens is 1. The van der Waals surface area contributed by atoms with E-state index in [4.69, 9.17) is 0 Å². The number of rotatable bonds is 4. The second-order valence-corrected chi connectivity index (χ2v) is 4.42. The highest BCUT2D eigenvalue weighted by atomic mass is 19.1. The highest BCUT2D eigenvalue weighted by Gasteiger charge is 2.22. The van der Waals surface area contributed by atoms with Crippen molar-refractivity contribution in [3.05, 3.63) is 65.2 Å². The molecule has 0 spiro atoms. The normalized spacial score (nSPS) is 12.1. The molecule has 1 atom stereocenters. The van der Waals surface area contributed by atoms with E-state index in [0.717, 1.165) is 17.3 Å². The van der Waals surface area contributed by atoms with Crippen molar-refractivity contribution >= 4 is 5.97 Å². The van der Waals surface area contributed by atoms with Crippen molar-refractivity contribution in [2.45, 2.75) is 19.3 Å². The molecule has 0 aliphatic heterocycles. The minimum Gasteiger partial charge on any atom is -0.481 e. The Morgan fingerprint density at radius 2 is 2.05 bits per heavy atom. The van der Waals surface area contributed by atoms with E-state index in [1.54, 1.807) is 0 Å². The zero-order chi connectivity index (χ0) is 13.8. The topological polar surface area (TPSA) is 50.2 Å². The fraction of sp³-hybridized carbons (Fsp3) is 0.200. The lowest BCUT2D eigenvalue weighted by atomic mass is 9.93. The summed E-state index contributed by atoms with van der Waals surface area (Å²) < 4.78 is 12.8. The van der Waals surface area contributed by atoms with Crippen LogP contribution in [-0.4, -0.2) is 16.1 Å². The van der Waals surface area contributed by atoms with Crippen molar-refractivity contribution < 1.29 is 14.3 Å². The molecule has 1 N–H and O–H groups in total. The average Bonchev–Trinajstić information content (AvgIpc) is 2.39. The van der Waals surface area contributed by atoms with Crippen LogP contribution in [0.5, 0.6) is 0 Å². The summed E-state index contributed by atoms with van der Waals surface area (Å²) in [7, 11) is 0. The molecule has 1 heterocycles. The maximum absolute atomic E-state index is 12.8. The Morgan fingerprint density at radius 1 is 1.32 bits per heavy atom. The molecule has 0 fully saturated rings. The Hall–Kier alpha value is -2.23. The van der Waals surface area contributed by atoms with Crippen LogP contribution < -0.4 is 0 Å². The van der Waals surface area contributed by atoms with Gasteiger partial charge in [0, 0.05) is 0 Å². The highest BCUT2D eigenvalue weighted by Crippen LogP contribution is 2.21. The van der Waals surface area contributed by atoms with Crippen LogP contribution in [-0.2, 0) is 11.2 Å². The Bertz CT molecular complexity index is 581. The van der Waals surface area contributed by atoms with Crippen LogP contribution in [0.3, 0.4) is 0 Å². The minimum atomic E-state index is -0.956. The molecule has 0 aliphatic carbocycles. The molecule has 0 saturated heterocycles. The summed E-state index contributed by atoms with van der Waals surface area (Å²) in [5.41, 5.74) is 2.37. The fourth-order valence-corrected chi connectivity index (χ4v) is 1.97. The molecular formula is C15H14FNO2. The third kappa shape index (κ3) is 3.16. The summed E-state index contributed by atoms with van der Waals surface area (Å²) >= 11 is 0. The predicted octanol–water partition coefficient (Wildman–Crippen LogP) is 2.94. The number of nitrogens with zero attached hydrogens (tertiary/aromatic N) is 1. The van der Waals surface area contributed by atoms with E-state index in [2.05, 4.69) is 4.98 Å². The highest BCUT2D eigenvalue weighted by molar-refractivity contribution is 5.75. The molecule has 19 heavy (non-hydrogen) atoms. The average molecular weight is 259 g/mol. The van der Waals surface area contributed by atoms with Gasteiger partial charge in [-0.2, -0.15) is 0 Å². The van der Waals surface area contributed by atoms with Crippen LogP contribution in [0.15, 0.2) is 42.6 Å². The summed E-state index contributed by atoms with van der Waals surface area (Å²) in [6.45, 7) is 1.94. The van der Waals surface area contributed by atoms with Crippen molar-refractivity contribution in [3.8, 4) is 0 Å². The van der Waals surface area contributed by atoms with Gasteiger partial charge in [0.05, 0.1) is 11.9 Å². The van der Waals surface area contributed by atoms with Crippen LogP contribution in [0.2, 0.25) is 0 Å². The third-order valence-electron chi connectivity index (χ3n) is 3.09. The SMILES string of the molecule is Cc1ccccc1CC(C(=O)O)c1ccc(F)cn1. The van der Waals surface area contributed by atoms with Crippen LogP contribution >= 0.6 is 0 Å². The number of pyridine rings is 1. The first-order valence-electron chi connectivity index (χ1n) is 5.96. The van der Waals surface area contributed by atoms with E-state index in [1.807, 2.05) is 31.2 Å². The van der Waals surface area contributed by atoms with Crippen molar-refractivity contribution in [2.75, 3.05) is 0 Å². The van der Waals surface area contributed by atoms with Gasteiger partial charge in [0.25, 0.3) is 0 Å². The molecule has 98 valence electrons. The molecule has 0 amide bonds. The number of benzene rings is 1. The quantitative estimate of drug-likeness (QED) is 0.918. The van der Waals surface area contributed by atoms with Crippen molar-refractivity contribution in [2.24, 2.45) is 0 Å². The van der Waals surface area contributed by atoms with Gasteiger partial charge in [-0.1, -0.05) is 24.3 Å². The molecule has 0 bridgehead atoms. The maximum atomic E-state index is 12.8. The lowest BCUT2D eigenvalue weighted by Crippen LogP contribution is -2.16. The second-order valence-electron chi connectivity index (χ2n) is 4.42. The van der Waals surface area contributed by atoms with Crippen molar-refractivity contribution in [1.82, 2.24) is 4.98 Å². The summed E-state index contributed by atoms with van der Waals surface area (Å²) in [5, 5.41) is 9.31. The van der Waals surface area contributed by atoms with Gasteiger partial charge in [-0.3, -0.25) is 9.78 Å². The molecule has 1 unspecified atom stereocenters. The van der Waals surface area contributed by atoms with Gasteiger partial charge < -0.3 is 5.11 Å². The maximum Gasteiger partial charge on any atom is 0.312 e. The number of hydrogen-bond acceptors (Lipinski definition) is 2. The number of aliphatic carboxylic acids is 1. The van der Waals surface area contributed by atoms with Gasteiger partial charge in [-0.05, 0) is 36.6 Å². The van der Waals surface area contributed by atoms with Gasteiger partial charge in [0.15, 0.2) is 0 Å². The van der Waals surface area contributed by atoms with Gasteiger partial charge in [-0.15, -0.1) is 0 Å². The Morgan fingerprint density at radius 3 is 2.63 bits per heavy atom. The number of carboxylic acids is 1. The first-order chi connectivity index (χ1) is 9.08. The van der Waals surface area contributed by atoms with Crippen LogP contribution in [0.25, 0.3) is 0 Å². The number of carbonyl (C=O) groups is 1. The van der Waals surface area contributed by atoms with Crippen LogP contribution in [0.4, 0.5) is 4.39 Å². The first kappa shape index (κ1) is 13.2. The Kier molecular flexibility index (Phi) is 3.90. The lowest BCUT2D eigenvalue weighted by Gasteiger charge is -2.13. The molecule has 1 aromatic heterocycles. The van der Waals surface area contributed by atoms with E-state index in [9.17, 15) is 14.3 Å². The van der Waals surface area contributed by atoms with Gasteiger partial charge >= 0.3 is 5.97 Å². The predicted molar refractivity (Wildman–Crippen MR) is 69.5 cm³/mol. The van der Waals surface area contributed by atoms with Gasteiger partial charge in [-0.25, -0.2) is 4.39 Å². The smallest absolute Gasteiger partial charge is 0.312 e. The largest absolute Gasteiger partial charge is 0.481 e. The summed E-state index contributed by atoms with van der Waals surface area (Å²) in [4.78, 5) is 15.2. The summed E-state index contributed by atoms with van der Waals surface area (Å²) in [6, 6.07) is 10.3.